The molecule has 0 saturated carbocycles. The van der Waals surface area contributed by atoms with Gasteiger partial charge >= 0.3 is 0 Å². The third kappa shape index (κ3) is 2.14. The van der Waals surface area contributed by atoms with Crippen LogP contribution < -0.4 is 5.32 Å². The van der Waals surface area contributed by atoms with Crippen LogP contribution in [0, 0.1) is 11.6 Å². The van der Waals surface area contributed by atoms with Crippen molar-refractivity contribution in [3.05, 3.63) is 35.0 Å². The molecule has 1 aromatic carbocycles. The summed E-state index contributed by atoms with van der Waals surface area (Å²) >= 11 is 0. The first-order chi connectivity index (χ1) is 9.20. The predicted octanol–water partition coefficient (Wildman–Crippen LogP) is 3.82. The Kier molecular flexibility index (Phi) is 3.27. The summed E-state index contributed by atoms with van der Waals surface area (Å²) in [5.41, 5.74) is 2.56. The number of aromatic nitrogens is 1. The maximum atomic E-state index is 13.9. The molecule has 1 unspecified atom stereocenters. The largest absolute Gasteiger partial charge is 0.356 e. The van der Waals surface area contributed by atoms with Gasteiger partial charge in [0.1, 0.15) is 11.6 Å². The van der Waals surface area contributed by atoms with Crippen molar-refractivity contribution in [2.45, 2.75) is 38.6 Å². The lowest BCUT2D eigenvalue weighted by Crippen LogP contribution is -2.20. The smallest absolute Gasteiger partial charge is 0.150 e. The summed E-state index contributed by atoms with van der Waals surface area (Å²) in [4.78, 5) is 3.16. The number of benzene rings is 1. The van der Waals surface area contributed by atoms with Crippen LogP contribution in [0.1, 0.15) is 43.5 Å². The van der Waals surface area contributed by atoms with Crippen LogP contribution in [0.2, 0.25) is 0 Å². The third-order valence-corrected chi connectivity index (χ3v) is 3.91. The van der Waals surface area contributed by atoms with Crippen LogP contribution in [0.3, 0.4) is 0 Å². The highest BCUT2D eigenvalue weighted by molar-refractivity contribution is 5.86. The quantitative estimate of drug-likeness (QED) is 0.793. The minimum atomic E-state index is -0.508. The second-order valence-corrected chi connectivity index (χ2v) is 5.18. The van der Waals surface area contributed by atoms with E-state index in [4.69, 9.17) is 0 Å². The molecule has 1 aliphatic rings. The zero-order valence-electron chi connectivity index (χ0n) is 11.0. The lowest BCUT2D eigenvalue weighted by molar-refractivity contribution is 0.506. The van der Waals surface area contributed by atoms with Crippen LogP contribution in [0.15, 0.2) is 12.1 Å². The van der Waals surface area contributed by atoms with Gasteiger partial charge in [-0.05, 0) is 37.4 Å². The molecule has 0 aliphatic heterocycles. The van der Waals surface area contributed by atoms with Gasteiger partial charge < -0.3 is 10.3 Å². The van der Waals surface area contributed by atoms with Gasteiger partial charge in [-0.15, -0.1) is 0 Å². The Morgan fingerprint density at radius 3 is 2.95 bits per heavy atom. The van der Waals surface area contributed by atoms with Gasteiger partial charge in [-0.3, -0.25) is 0 Å². The molecule has 1 atom stereocenters. The van der Waals surface area contributed by atoms with E-state index in [1.807, 2.05) is 0 Å². The van der Waals surface area contributed by atoms with E-state index in [2.05, 4.69) is 17.2 Å². The van der Waals surface area contributed by atoms with Crippen molar-refractivity contribution in [1.29, 1.82) is 0 Å². The summed E-state index contributed by atoms with van der Waals surface area (Å²) < 4.78 is 27.3. The normalized spacial score (nSPS) is 19.4. The number of hydrogen-bond acceptors (Lipinski definition) is 1. The maximum absolute atomic E-state index is 13.9. The molecule has 3 rings (SSSR count). The van der Waals surface area contributed by atoms with Crippen molar-refractivity contribution in [3.63, 3.8) is 0 Å². The average Bonchev–Trinajstić information content (AvgIpc) is 2.60. The number of nitrogens with one attached hydrogen (secondary N) is 2. The van der Waals surface area contributed by atoms with Gasteiger partial charge in [-0.25, -0.2) is 8.78 Å². The van der Waals surface area contributed by atoms with Gasteiger partial charge in [0.2, 0.25) is 0 Å². The lowest BCUT2D eigenvalue weighted by atomic mass is 10.0. The zero-order chi connectivity index (χ0) is 13.4. The zero-order valence-corrected chi connectivity index (χ0v) is 11.0. The van der Waals surface area contributed by atoms with E-state index in [9.17, 15) is 8.78 Å². The third-order valence-electron chi connectivity index (χ3n) is 3.91. The van der Waals surface area contributed by atoms with Gasteiger partial charge in [0.15, 0.2) is 0 Å². The Morgan fingerprint density at radius 2 is 2.16 bits per heavy atom. The summed E-state index contributed by atoms with van der Waals surface area (Å²) in [6.07, 6.45) is 4.16. The molecule has 0 saturated heterocycles. The van der Waals surface area contributed by atoms with Gasteiger partial charge in [0.25, 0.3) is 0 Å². The van der Waals surface area contributed by atoms with Crippen LogP contribution in [-0.2, 0) is 6.42 Å². The second-order valence-electron chi connectivity index (χ2n) is 5.18. The Balaban J connectivity index is 2.23. The summed E-state index contributed by atoms with van der Waals surface area (Å²) in [7, 11) is 0. The topological polar surface area (TPSA) is 27.8 Å². The number of halogens is 2. The molecule has 0 spiro atoms. The monoisotopic (exact) mass is 264 g/mol. The molecule has 0 radical (unpaired) electrons. The fourth-order valence-corrected chi connectivity index (χ4v) is 3.13. The molecule has 4 heteroatoms. The van der Waals surface area contributed by atoms with E-state index in [1.165, 1.54) is 6.07 Å². The number of rotatable bonds is 2. The number of hydrogen-bond donors (Lipinski definition) is 2. The lowest BCUT2D eigenvalue weighted by Gasteiger charge is -2.16. The Morgan fingerprint density at radius 1 is 1.32 bits per heavy atom. The van der Waals surface area contributed by atoms with E-state index < -0.39 is 11.6 Å². The van der Waals surface area contributed by atoms with Crippen molar-refractivity contribution in [2.24, 2.45) is 0 Å². The van der Waals surface area contributed by atoms with Gasteiger partial charge in [0, 0.05) is 23.2 Å². The van der Waals surface area contributed by atoms with Gasteiger partial charge in [0.05, 0.1) is 5.52 Å². The molecule has 1 heterocycles. The van der Waals surface area contributed by atoms with Crippen molar-refractivity contribution in [2.75, 3.05) is 6.54 Å². The molecule has 0 amide bonds. The molecular weight excluding hydrogens is 246 g/mol. The summed E-state index contributed by atoms with van der Waals surface area (Å²) in [6.45, 7) is 2.91. The predicted molar refractivity (Wildman–Crippen MR) is 72.2 cm³/mol. The first kappa shape index (κ1) is 12.6. The number of aromatic amines is 1. The summed E-state index contributed by atoms with van der Waals surface area (Å²) in [6, 6.07) is 2.58. The van der Waals surface area contributed by atoms with E-state index in [0.717, 1.165) is 49.6 Å². The highest BCUT2D eigenvalue weighted by Crippen LogP contribution is 2.35. The van der Waals surface area contributed by atoms with Crippen molar-refractivity contribution in [1.82, 2.24) is 10.3 Å². The first-order valence-electron chi connectivity index (χ1n) is 6.93. The average molecular weight is 264 g/mol. The molecule has 102 valence electrons. The van der Waals surface area contributed by atoms with Gasteiger partial charge in [-0.1, -0.05) is 13.3 Å². The van der Waals surface area contributed by atoms with Crippen LogP contribution in [-0.4, -0.2) is 11.5 Å². The van der Waals surface area contributed by atoms with Crippen LogP contribution in [0.5, 0.6) is 0 Å². The van der Waals surface area contributed by atoms with Crippen LogP contribution in [0.4, 0.5) is 8.78 Å². The molecule has 0 fully saturated rings. The minimum absolute atomic E-state index is 0.192. The Hall–Kier alpha value is -1.42. The fraction of sp³-hybridized carbons (Fsp3) is 0.467. The molecule has 2 N–H and O–H groups in total. The molecule has 19 heavy (non-hydrogen) atoms. The summed E-state index contributed by atoms with van der Waals surface area (Å²) in [5.74, 6) is -1.01. The number of aryl methyl sites for hydroxylation is 1. The highest BCUT2D eigenvalue weighted by atomic mass is 19.1. The highest BCUT2D eigenvalue weighted by Gasteiger charge is 2.24. The first-order valence-corrected chi connectivity index (χ1v) is 6.93. The maximum Gasteiger partial charge on any atom is 0.150 e. The van der Waals surface area contributed by atoms with Gasteiger partial charge in [-0.2, -0.15) is 0 Å². The van der Waals surface area contributed by atoms with E-state index in [0.29, 0.717) is 10.9 Å². The fourth-order valence-electron chi connectivity index (χ4n) is 3.13. The summed E-state index contributed by atoms with van der Waals surface area (Å²) in [5, 5.41) is 4.13. The van der Waals surface area contributed by atoms with Crippen molar-refractivity contribution < 1.29 is 8.78 Å². The molecule has 2 aromatic rings. The molecule has 1 aromatic heterocycles. The van der Waals surface area contributed by atoms with Crippen molar-refractivity contribution >= 4 is 10.9 Å². The van der Waals surface area contributed by atoms with E-state index >= 15 is 0 Å². The van der Waals surface area contributed by atoms with Crippen LogP contribution >= 0.6 is 0 Å². The molecule has 1 aliphatic carbocycles. The Bertz CT molecular complexity index is 604. The standard InChI is InChI=1S/C15H18F2N2/c1-2-18-12-5-3-4-6-13-14(12)10-7-9(16)8-11(17)15(10)19-13/h7-8,12,18-19H,2-6H2,1H3. The minimum Gasteiger partial charge on any atom is -0.356 e. The molecule has 0 bridgehead atoms. The van der Waals surface area contributed by atoms with Crippen molar-refractivity contribution in [3.8, 4) is 0 Å². The van der Waals surface area contributed by atoms with Crippen LogP contribution in [0.25, 0.3) is 10.9 Å². The number of fused-ring (bicyclic) bond motifs is 3. The SMILES string of the molecule is CCNC1CCCCc2[nH]c3c(F)cc(F)cc3c21. The Labute approximate surface area is 111 Å². The van der Waals surface area contributed by atoms with E-state index in [-0.39, 0.29) is 6.04 Å². The molecular formula is C15H18F2N2. The second kappa shape index (κ2) is 4.93. The van der Waals surface area contributed by atoms with E-state index in [1.54, 1.807) is 0 Å². The number of H-pyrrole nitrogens is 1. The molecule has 2 nitrogen and oxygen atoms in total.